The highest BCUT2D eigenvalue weighted by Gasteiger charge is 2.07. The van der Waals surface area contributed by atoms with Crippen molar-refractivity contribution in [2.45, 2.75) is 11.8 Å². The first kappa shape index (κ1) is 12.6. The largest absolute Gasteiger partial charge is 0.481 e. The number of thioether (sulfide) groups is 1. The molecule has 0 amide bonds. The number of hydrogen-bond donors (Lipinski definition) is 1. The van der Waals surface area contributed by atoms with Crippen LogP contribution >= 0.6 is 34.4 Å². The molecule has 0 aliphatic heterocycles. The van der Waals surface area contributed by atoms with Gasteiger partial charge < -0.3 is 5.11 Å². The van der Waals surface area contributed by atoms with Crippen LogP contribution in [0.25, 0.3) is 10.9 Å². The molecule has 5 heteroatoms. The Labute approximate surface area is 117 Å². The summed E-state index contributed by atoms with van der Waals surface area (Å²) >= 11 is 3.58. The Kier molecular flexibility index (Phi) is 3.88. The lowest BCUT2D eigenvalue weighted by Crippen LogP contribution is -1.98. The number of aromatic nitrogens is 1. The van der Waals surface area contributed by atoms with Crippen molar-refractivity contribution < 1.29 is 9.90 Å². The minimum atomic E-state index is -0.803. The fraction of sp³-hybridized carbons (Fsp3) is 0.167. The lowest BCUT2D eigenvalue weighted by Gasteiger charge is -2.06. The number of nitrogens with zero attached hydrogens (tertiary/aromatic N) is 1. The molecule has 2 aromatic rings. The van der Waals surface area contributed by atoms with Crippen LogP contribution in [0, 0.1) is 10.5 Å². The van der Waals surface area contributed by atoms with Crippen LogP contribution < -0.4 is 0 Å². The molecule has 0 unspecified atom stereocenters. The van der Waals surface area contributed by atoms with E-state index in [0.29, 0.717) is 0 Å². The normalized spacial score (nSPS) is 10.7. The van der Waals surface area contributed by atoms with Crippen molar-refractivity contribution in [2.75, 3.05) is 5.75 Å². The summed E-state index contributed by atoms with van der Waals surface area (Å²) in [5.41, 5.74) is 1.82. The van der Waals surface area contributed by atoms with Gasteiger partial charge in [0.2, 0.25) is 0 Å². The highest BCUT2D eigenvalue weighted by atomic mass is 127. The molecule has 0 bridgehead atoms. The number of hydrogen-bond acceptors (Lipinski definition) is 3. The van der Waals surface area contributed by atoms with Gasteiger partial charge in [-0.1, -0.05) is 0 Å². The minimum absolute atomic E-state index is 0.0734. The molecule has 0 radical (unpaired) electrons. The zero-order valence-corrected chi connectivity index (χ0v) is 12.1. The average molecular weight is 359 g/mol. The summed E-state index contributed by atoms with van der Waals surface area (Å²) in [6.07, 6.45) is 0. The van der Waals surface area contributed by atoms with Crippen LogP contribution in [-0.2, 0) is 4.79 Å². The second-order valence-electron chi connectivity index (χ2n) is 3.61. The summed E-state index contributed by atoms with van der Waals surface area (Å²) < 4.78 is 1.12. The Morgan fingerprint density at radius 2 is 2.24 bits per heavy atom. The summed E-state index contributed by atoms with van der Waals surface area (Å²) in [6.45, 7) is 1.92. The van der Waals surface area contributed by atoms with Gasteiger partial charge in [-0.15, -0.1) is 11.8 Å². The monoisotopic (exact) mass is 359 g/mol. The van der Waals surface area contributed by atoms with Crippen molar-refractivity contribution in [1.82, 2.24) is 4.98 Å². The predicted molar refractivity (Wildman–Crippen MR) is 77.6 cm³/mol. The summed E-state index contributed by atoms with van der Waals surface area (Å²) in [7, 11) is 0. The Bertz CT molecular complexity index is 586. The number of carbonyl (C=O) groups is 1. The van der Waals surface area contributed by atoms with Crippen LogP contribution in [0.2, 0.25) is 0 Å². The molecular formula is C12H10INO2S. The standard InChI is InChI=1S/C12H10INO2S/c1-7-4-11(17-6-12(15)16)9-5-8(13)2-3-10(9)14-7/h2-5H,6H2,1H3,(H,15,16). The molecule has 0 saturated heterocycles. The molecule has 0 atom stereocenters. The van der Waals surface area contributed by atoms with Crippen molar-refractivity contribution in [3.05, 3.63) is 33.5 Å². The number of fused-ring (bicyclic) bond motifs is 1. The molecule has 0 saturated carbocycles. The van der Waals surface area contributed by atoms with Gasteiger partial charge in [-0.05, 0) is 53.8 Å². The third-order valence-corrected chi connectivity index (χ3v) is 3.92. The quantitative estimate of drug-likeness (QED) is 0.675. The van der Waals surface area contributed by atoms with E-state index in [2.05, 4.69) is 27.6 Å². The van der Waals surface area contributed by atoms with Gasteiger partial charge in [0.05, 0.1) is 11.3 Å². The first-order valence-electron chi connectivity index (χ1n) is 4.98. The van der Waals surface area contributed by atoms with Crippen molar-refractivity contribution >= 4 is 51.2 Å². The van der Waals surface area contributed by atoms with E-state index in [9.17, 15) is 4.79 Å². The van der Waals surface area contributed by atoms with Crippen molar-refractivity contribution in [2.24, 2.45) is 0 Å². The molecule has 1 aromatic heterocycles. The first-order chi connectivity index (χ1) is 8.06. The molecule has 2 rings (SSSR count). The van der Waals surface area contributed by atoms with Gasteiger partial charge in [-0.2, -0.15) is 0 Å². The second kappa shape index (κ2) is 5.22. The van der Waals surface area contributed by atoms with E-state index in [0.717, 1.165) is 25.1 Å². The van der Waals surface area contributed by atoms with Gasteiger partial charge in [0.25, 0.3) is 0 Å². The maximum absolute atomic E-state index is 10.6. The zero-order valence-electron chi connectivity index (χ0n) is 9.11. The zero-order chi connectivity index (χ0) is 12.4. The number of aliphatic carboxylic acids is 1. The highest BCUT2D eigenvalue weighted by Crippen LogP contribution is 2.28. The van der Waals surface area contributed by atoms with Gasteiger partial charge in [-0.3, -0.25) is 9.78 Å². The van der Waals surface area contributed by atoms with E-state index in [4.69, 9.17) is 5.11 Å². The number of aryl methyl sites for hydroxylation is 1. The predicted octanol–water partition coefficient (Wildman–Crippen LogP) is 3.32. The Morgan fingerprint density at radius 1 is 1.47 bits per heavy atom. The summed E-state index contributed by atoms with van der Waals surface area (Å²) in [6, 6.07) is 7.94. The molecule has 0 spiro atoms. The molecule has 0 aliphatic rings. The van der Waals surface area contributed by atoms with Crippen LogP contribution in [-0.4, -0.2) is 21.8 Å². The third-order valence-electron chi connectivity index (χ3n) is 2.21. The third kappa shape index (κ3) is 3.10. The topological polar surface area (TPSA) is 50.2 Å². The number of carboxylic acids is 1. The average Bonchev–Trinajstić information content (AvgIpc) is 2.26. The van der Waals surface area contributed by atoms with E-state index in [1.807, 2.05) is 31.2 Å². The van der Waals surface area contributed by atoms with Crippen LogP contribution in [0.15, 0.2) is 29.2 Å². The Morgan fingerprint density at radius 3 is 2.94 bits per heavy atom. The van der Waals surface area contributed by atoms with Gasteiger partial charge >= 0.3 is 5.97 Å². The number of pyridine rings is 1. The van der Waals surface area contributed by atoms with Crippen LogP contribution in [0.4, 0.5) is 0 Å². The summed E-state index contributed by atoms with van der Waals surface area (Å²) in [5.74, 6) is -0.729. The smallest absolute Gasteiger partial charge is 0.313 e. The fourth-order valence-corrected chi connectivity index (χ4v) is 2.89. The minimum Gasteiger partial charge on any atom is -0.481 e. The number of benzene rings is 1. The van der Waals surface area contributed by atoms with Gasteiger partial charge in [0.1, 0.15) is 0 Å². The molecule has 0 aliphatic carbocycles. The van der Waals surface area contributed by atoms with Gasteiger partial charge in [-0.25, -0.2) is 0 Å². The maximum Gasteiger partial charge on any atom is 0.313 e. The summed E-state index contributed by atoms with van der Waals surface area (Å²) in [4.78, 5) is 16.0. The Balaban J connectivity index is 2.51. The molecular weight excluding hydrogens is 349 g/mol. The lowest BCUT2D eigenvalue weighted by molar-refractivity contribution is -0.133. The maximum atomic E-state index is 10.6. The molecule has 1 aromatic carbocycles. The van der Waals surface area contributed by atoms with Crippen molar-refractivity contribution in [3.63, 3.8) is 0 Å². The molecule has 17 heavy (non-hydrogen) atoms. The van der Waals surface area contributed by atoms with Crippen LogP contribution in [0.1, 0.15) is 5.69 Å². The summed E-state index contributed by atoms with van der Waals surface area (Å²) in [5, 5.41) is 9.75. The van der Waals surface area contributed by atoms with Gasteiger partial charge in [0, 0.05) is 19.5 Å². The first-order valence-corrected chi connectivity index (χ1v) is 7.04. The molecule has 88 valence electrons. The number of halogens is 1. The van der Waals surface area contributed by atoms with Gasteiger partial charge in [0.15, 0.2) is 0 Å². The van der Waals surface area contributed by atoms with Crippen molar-refractivity contribution in [3.8, 4) is 0 Å². The van der Waals surface area contributed by atoms with E-state index in [-0.39, 0.29) is 5.75 Å². The van der Waals surface area contributed by atoms with E-state index in [1.165, 1.54) is 11.8 Å². The van der Waals surface area contributed by atoms with E-state index < -0.39 is 5.97 Å². The highest BCUT2D eigenvalue weighted by molar-refractivity contribution is 14.1. The van der Waals surface area contributed by atoms with Crippen LogP contribution in [0.3, 0.4) is 0 Å². The number of rotatable bonds is 3. The molecule has 3 nitrogen and oxygen atoms in total. The van der Waals surface area contributed by atoms with Crippen molar-refractivity contribution in [1.29, 1.82) is 0 Å². The Hall–Kier alpha value is -0.820. The van der Waals surface area contributed by atoms with E-state index in [1.54, 1.807) is 0 Å². The lowest BCUT2D eigenvalue weighted by atomic mass is 10.2. The second-order valence-corrected chi connectivity index (χ2v) is 5.87. The van der Waals surface area contributed by atoms with Crippen LogP contribution in [0.5, 0.6) is 0 Å². The molecule has 0 fully saturated rings. The molecule has 1 N–H and O–H groups in total. The SMILES string of the molecule is Cc1cc(SCC(=O)O)c2cc(I)ccc2n1. The number of carboxylic acid groups (broad SMARTS) is 1. The molecule has 1 heterocycles. The fourth-order valence-electron chi connectivity index (χ4n) is 1.55. The van der Waals surface area contributed by atoms with E-state index >= 15 is 0 Å².